The summed E-state index contributed by atoms with van der Waals surface area (Å²) in [5.74, 6) is 0.621. The first-order valence-electron chi connectivity index (χ1n) is 9.58. The first-order chi connectivity index (χ1) is 13.8. The summed E-state index contributed by atoms with van der Waals surface area (Å²) in [7, 11) is 0. The van der Waals surface area contributed by atoms with E-state index in [1.807, 2.05) is 51.1 Å². The molecule has 8 heteroatoms. The summed E-state index contributed by atoms with van der Waals surface area (Å²) in [5, 5.41) is 12.1. The Hall–Kier alpha value is -2.74. The van der Waals surface area contributed by atoms with Gasteiger partial charge in [0.05, 0.1) is 11.4 Å². The van der Waals surface area contributed by atoms with Gasteiger partial charge in [-0.2, -0.15) is 0 Å². The lowest BCUT2D eigenvalue weighted by atomic mass is 10.2. The molecule has 29 heavy (non-hydrogen) atoms. The van der Waals surface area contributed by atoms with E-state index in [1.165, 1.54) is 11.8 Å². The van der Waals surface area contributed by atoms with Crippen molar-refractivity contribution < 1.29 is 4.79 Å². The Kier molecular flexibility index (Phi) is 6.64. The Balaban J connectivity index is 1.92. The molecular formula is C21H26N6OS. The van der Waals surface area contributed by atoms with Crippen molar-refractivity contribution in [3.63, 3.8) is 0 Å². The first-order valence-corrected chi connectivity index (χ1v) is 10.6. The highest BCUT2D eigenvalue weighted by atomic mass is 32.2. The number of hydrogen-bond acceptors (Lipinski definition) is 6. The molecule has 2 heterocycles. The van der Waals surface area contributed by atoms with Crippen LogP contribution < -0.4 is 5.32 Å². The smallest absolute Gasteiger partial charge is 0.273 e. The van der Waals surface area contributed by atoms with Gasteiger partial charge in [-0.3, -0.25) is 4.79 Å². The molecule has 152 valence electrons. The molecule has 0 saturated carbocycles. The molecule has 0 aliphatic heterocycles. The van der Waals surface area contributed by atoms with Crippen LogP contribution >= 0.6 is 11.8 Å². The minimum Gasteiger partial charge on any atom is -0.350 e. The number of rotatable bonds is 7. The summed E-state index contributed by atoms with van der Waals surface area (Å²) in [6.07, 6.45) is 0. The van der Waals surface area contributed by atoms with E-state index < -0.39 is 0 Å². The third-order valence-corrected chi connectivity index (χ3v) is 5.09. The number of nitrogens with one attached hydrogen (secondary N) is 1. The molecule has 0 unspecified atom stereocenters. The van der Waals surface area contributed by atoms with Crippen molar-refractivity contribution in [3.8, 4) is 5.69 Å². The van der Waals surface area contributed by atoms with Crippen LogP contribution in [0.1, 0.15) is 47.0 Å². The maximum absolute atomic E-state index is 12.7. The fourth-order valence-corrected chi connectivity index (χ4v) is 3.71. The summed E-state index contributed by atoms with van der Waals surface area (Å²) >= 11 is 1.47. The monoisotopic (exact) mass is 410 g/mol. The molecule has 0 saturated heterocycles. The van der Waals surface area contributed by atoms with Gasteiger partial charge in [-0.25, -0.2) is 14.6 Å². The van der Waals surface area contributed by atoms with Crippen LogP contribution in [0.2, 0.25) is 0 Å². The van der Waals surface area contributed by atoms with Crippen LogP contribution in [-0.2, 0) is 5.75 Å². The van der Waals surface area contributed by atoms with Crippen LogP contribution in [-0.4, -0.2) is 37.4 Å². The van der Waals surface area contributed by atoms with Crippen LogP contribution in [0.15, 0.2) is 35.5 Å². The van der Waals surface area contributed by atoms with E-state index in [9.17, 15) is 4.79 Å². The van der Waals surface area contributed by atoms with Gasteiger partial charge in [0, 0.05) is 23.7 Å². The second-order valence-corrected chi connectivity index (χ2v) is 8.40. The molecule has 0 radical (unpaired) electrons. The fraction of sp³-hybridized carbons (Fsp3) is 0.381. The van der Waals surface area contributed by atoms with Crippen molar-refractivity contribution in [3.05, 3.63) is 58.7 Å². The molecule has 0 aliphatic rings. The van der Waals surface area contributed by atoms with Gasteiger partial charge < -0.3 is 5.32 Å². The Labute approximate surface area is 175 Å². The molecule has 3 aromatic rings. The highest BCUT2D eigenvalue weighted by Gasteiger charge is 2.21. The molecule has 0 bridgehead atoms. The average Bonchev–Trinajstić information content (AvgIpc) is 3.08. The number of nitrogens with zero attached hydrogens (tertiary/aromatic N) is 5. The predicted octanol–water partition coefficient (Wildman–Crippen LogP) is 3.66. The highest BCUT2D eigenvalue weighted by molar-refractivity contribution is 7.98. The van der Waals surface area contributed by atoms with Crippen molar-refractivity contribution in [1.29, 1.82) is 0 Å². The Morgan fingerprint density at radius 3 is 2.38 bits per heavy atom. The van der Waals surface area contributed by atoms with E-state index in [-0.39, 0.29) is 5.91 Å². The standard InChI is InChI=1S/C21H26N6OS/c1-13(2)11-22-20(28)19-18(12-29-21-23-15(4)10-16(5)24-21)27(26-25-19)17-8-6-14(3)7-9-17/h6-10,13H,11-12H2,1-5H3,(H,22,28). The van der Waals surface area contributed by atoms with E-state index in [4.69, 9.17) is 0 Å². The van der Waals surface area contributed by atoms with Crippen LogP contribution in [0.3, 0.4) is 0 Å². The molecule has 0 aliphatic carbocycles. The van der Waals surface area contributed by atoms with Gasteiger partial charge in [0.15, 0.2) is 10.9 Å². The van der Waals surface area contributed by atoms with Gasteiger partial charge in [0.25, 0.3) is 5.91 Å². The summed E-state index contributed by atoms with van der Waals surface area (Å²) < 4.78 is 1.72. The molecule has 7 nitrogen and oxygen atoms in total. The number of amides is 1. The van der Waals surface area contributed by atoms with E-state index in [1.54, 1.807) is 4.68 Å². The van der Waals surface area contributed by atoms with Gasteiger partial charge in [-0.05, 0) is 44.9 Å². The van der Waals surface area contributed by atoms with Crippen LogP contribution in [0.25, 0.3) is 5.69 Å². The van der Waals surface area contributed by atoms with Gasteiger partial charge >= 0.3 is 0 Å². The molecule has 0 atom stereocenters. The summed E-state index contributed by atoms with van der Waals surface area (Å²) in [4.78, 5) is 21.7. The molecular weight excluding hydrogens is 384 g/mol. The summed E-state index contributed by atoms with van der Waals surface area (Å²) in [6.45, 7) is 10.6. The fourth-order valence-electron chi connectivity index (χ4n) is 2.77. The lowest BCUT2D eigenvalue weighted by molar-refractivity contribution is 0.0943. The van der Waals surface area contributed by atoms with E-state index in [0.29, 0.717) is 29.1 Å². The lowest BCUT2D eigenvalue weighted by Gasteiger charge is -2.10. The summed E-state index contributed by atoms with van der Waals surface area (Å²) in [5.41, 5.74) is 4.91. The maximum Gasteiger partial charge on any atom is 0.273 e. The number of hydrogen-bond donors (Lipinski definition) is 1. The van der Waals surface area contributed by atoms with Crippen molar-refractivity contribution >= 4 is 17.7 Å². The predicted molar refractivity (Wildman–Crippen MR) is 114 cm³/mol. The first kappa shape index (κ1) is 21.0. The van der Waals surface area contributed by atoms with Crippen molar-refractivity contribution in [2.24, 2.45) is 5.92 Å². The Bertz CT molecular complexity index is 977. The van der Waals surface area contributed by atoms with Gasteiger partial charge in [-0.1, -0.05) is 48.5 Å². The molecule has 0 spiro atoms. The number of benzene rings is 1. The second kappa shape index (κ2) is 9.17. The number of aromatic nitrogens is 5. The Morgan fingerprint density at radius 2 is 1.76 bits per heavy atom. The zero-order valence-electron chi connectivity index (χ0n) is 17.4. The minimum atomic E-state index is -0.214. The van der Waals surface area contributed by atoms with Crippen LogP contribution in [0.5, 0.6) is 0 Å². The lowest BCUT2D eigenvalue weighted by Crippen LogP contribution is -2.28. The molecule has 1 amide bonds. The van der Waals surface area contributed by atoms with Gasteiger partial charge in [0.1, 0.15) is 0 Å². The molecule has 3 rings (SSSR count). The zero-order chi connectivity index (χ0) is 21.0. The quantitative estimate of drug-likeness (QED) is 0.473. The zero-order valence-corrected chi connectivity index (χ0v) is 18.2. The van der Waals surface area contributed by atoms with Gasteiger partial charge in [-0.15, -0.1) is 5.10 Å². The molecule has 0 fully saturated rings. The normalized spacial score (nSPS) is 11.1. The number of thioether (sulfide) groups is 1. The number of aryl methyl sites for hydroxylation is 3. The van der Waals surface area contributed by atoms with Gasteiger partial charge in [0.2, 0.25) is 0 Å². The minimum absolute atomic E-state index is 0.214. The third-order valence-electron chi connectivity index (χ3n) is 4.23. The van der Waals surface area contributed by atoms with E-state index in [2.05, 4.69) is 39.4 Å². The summed E-state index contributed by atoms with van der Waals surface area (Å²) in [6, 6.07) is 9.91. The maximum atomic E-state index is 12.7. The molecule has 2 aromatic heterocycles. The molecule has 1 aromatic carbocycles. The van der Waals surface area contributed by atoms with E-state index >= 15 is 0 Å². The number of carbonyl (C=O) groups is 1. The van der Waals surface area contributed by atoms with Crippen LogP contribution in [0, 0.1) is 26.7 Å². The number of carbonyl (C=O) groups excluding carboxylic acids is 1. The Morgan fingerprint density at radius 1 is 1.10 bits per heavy atom. The largest absolute Gasteiger partial charge is 0.350 e. The average molecular weight is 411 g/mol. The second-order valence-electron chi connectivity index (χ2n) is 7.46. The molecule has 1 N–H and O–H groups in total. The SMILES string of the molecule is Cc1ccc(-n2nnc(C(=O)NCC(C)C)c2CSc2nc(C)cc(C)n2)cc1. The highest BCUT2D eigenvalue weighted by Crippen LogP contribution is 2.24. The van der Waals surface area contributed by atoms with Crippen LogP contribution in [0.4, 0.5) is 0 Å². The third kappa shape index (κ3) is 5.41. The van der Waals surface area contributed by atoms with Crippen molar-refractivity contribution in [2.45, 2.75) is 45.5 Å². The van der Waals surface area contributed by atoms with E-state index in [0.717, 1.165) is 28.3 Å². The van der Waals surface area contributed by atoms with Crippen molar-refractivity contribution in [2.75, 3.05) is 6.54 Å². The van der Waals surface area contributed by atoms with Crippen molar-refractivity contribution in [1.82, 2.24) is 30.3 Å². The topological polar surface area (TPSA) is 85.6 Å².